The molecule has 1 heterocycles. The summed E-state index contributed by atoms with van der Waals surface area (Å²) >= 11 is 5.85. The molecule has 0 spiro atoms. The summed E-state index contributed by atoms with van der Waals surface area (Å²) in [5.41, 5.74) is -0.932. The molecule has 3 rings (SSSR count). The van der Waals surface area contributed by atoms with Gasteiger partial charge < -0.3 is 15.2 Å². The number of nitrogens with one attached hydrogen (secondary N) is 1. The second-order valence-corrected chi connectivity index (χ2v) is 8.30. The number of nitrogens with zero attached hydrogens (tertiary/aromatic N) is 3. The van der Waals surface area contributed by atoms with Crippen molar-refractivity contribution in [3.63, 3.8) is 0 Å². The van der Waals surface area contributed by atoms with E-state index in [0.717, 1.165) is 13.2 Å². The van der Waals surface area contributed by atoms with E-state index in [1.807, 2.05) is 0 Å². The van der Waals surface area contributed by atoms with E-state index >= 15 is 0 Å². The standard InChI is InChI=1S/C23H21ClF4N4O5/c1-37-20(35)10-17(15-4-2-3-5-16(15)25)29-19(34)12-32-22(36)31(11-18(33)23(26,27)28)21(30-32)13-6-8-14(24)9-7-13/h2-9,17-18,33H,10-12H2,1H3,(H,29,34)/t17?,18-/m0/s1. The van der Waals surface area contributed by atoms with E-state index in [2.05, 4.69) is 15.2 Å². The lowest BCUT2D eigenvalue weighted by molar-refractivity contribution is -0.207. The normalized spacial score (nSPS) is 13.2. The molecule has 2 atom stereocenters. The highest BCUT2D eigenvalue weighted by Crippen LogP contribution is 2.24. The van der Waals surface area contributed by atoms with Crippen molar-refractivity contribution in [1.29, 1.82) is 0 Å². The third kappa shape index (κ3) is 6.95. The number of aliphatic hydroxyl groups is 1. The molecule has 1 unspecified atom stereocenters. The first-order valence-corrected chi connectivity index (χ1v) is 11.1. The van der Waals surface area contributed by atoms with Crippen molar-refractivity contribution >= 4 is 23.5 Å². The van der Waals surface area contributed by atoms with Crippen LogP contribution in [0.1, 0.15) is 18.0 Å². The number of rotatable bonds is 9. The Labute approximate surface area is 212 Å². The number of benzene rings is 2. The molecular formula is C23H21ClF4N4O5. The summed E-state index contributed by atoms with van der Waals surface area (Å²) in [4.78, 5) is 37.5. The molecule has 0 saturated heterocycles. The highest BCUT2D eigenvalue weighted by Gasteiger charge is 2.39. The molecule has 0 aliphatic carbocycles. The lowest BCUT2D eigenvalue weighted by Gasteiger charge is -2.18. The van der Waals surface area contributed by atoms with Crippen LogP contribution in [0.5, 0.6) is 0 Å². The van der Waals surface area contributed by atoms with Crippen molar-refractivity contribution in [3.05, 3.63) is 75.4 Å². The van der Waals surface area contributed by atoms with E-state index in [4.69, 9.17) is 11.6 Å². The first-order valence-electron chi connectivity index (χ1n) is 10.7. The third-order valence-corrected chi connectivity index (χ3v) is 5.52. The Bertz CT molecular complexity index is 1320. The maximum atomic E-state index is 14.3. The molecule has 14 heteroatoms. The molecule has 0 bridgehead atoms. The van der Waals surface area contributed by atoms with Gasteiger partial charge in [0.05, 0.1) is 26.1 Å². The SMILES string of the molecule is COC(=O)CC(NC(=O)Cn1nc(-c2ccc(Cl)cc2)n(C[C@H](O)C(F)(F)F)c1=O)c1ccccc1F. The van der Waals surface area contributed by atoms with Crippen LogP contribution in [-0.2, 0) is 27.4 Å². The summed E-state index contributed by atoms with van der Waals surface area (Å²) in [6.07, 6.45) is -8.33. The van der Waals surface area contributed by atoms with Crippen LogP contribution in [0.2, 0.25) is 5.02 Å². The van der Waals surface area contributed by atoms with Gasteiger partial charge >= 0.3 is 17.8 Å². The second-order valence-electron chi connectivity index (χ2n) is 7.86. The number of aliphatic hydroxyl groups excluding tert-OH is 1. The van der Waals surface area contributed by atoms with Crippen LogP contribution in [0.25, 0.3) is 11.4 Å². The summed E-state index contributed by atoms with van der Waals surface area (Å²) in [5.74, 6) is -2.59. The topological polar surface area (TPSA) is 115 Å². The van der Waals surface area contributed by atoms with Gasteiger partial charge in [0, 0.05) is 16.1 Å². The fourth-order valence-corrected chi connectivity index (χ4v) is 3.55. The predicted octanol–water partition coefficient (Wildman–Crippen LogP) is 2.85. The number of alkyl halides is 3. The minimum absolute atomic E-state index is 0.0192. The molecule has 0 fully saturated rings. The van der Waals surface area contributed by atoms with Gasteiger partial charge in [0.25, 0.3) is 0 Å². The quantitative estimate of drug-likeness (QED) is 0.316. The molecule has 1 amide bonds. The molecule has 0 aliphatic heterocycles. The van der Waals surface area contributed by atoms with Crippen LogP contribution in [0.3, 0.4) is 0 Å². The zero-order chi connectivity index (χ0) is 27.3. The van der Waals surface area contributed by atoms with Crippen molar-refractivity contribution in [2.75, 3.05) is 7.11 Å². The molecule has 0 saturated carbocycles. The highest BCUT2D eigenvalue weighted by atomic mass is 35.5. The molecular weight excluding hydrogens is 524 g/mol. The molecule has 2 N–H and O–H groups in total. The van der Waals surface area contributed by atoms with Crippen LogP contribution in [0.4, 0.5) is 17.6 Å². The minimum Gasteiger partial charge on any atom is -0.469 e. The Morgan fingerprint density at radius 2 is 1.81 bits per heavy atom. The maximum Gasteiger partial charge on any atom is 0.416 e. The Balaban J connectivity index is 1.93. The molecule has 37 heavy (non-hydrogen) atoms. The molecule has 0 radical (unpaired) electrons. The molecule has 3 aromatic rings. The van der Waals surface area contributed by atoms with Crippen LogP contribution in [0, 0.1) is 5.82 Å². The smallest absolute Gasteiger partial charge is 0.416 e. The van der Waals surface area contributed by atoms with E-state index in [0.29, 0.717) is 14.3 Å². The summed E-state index contributed by atoms with van der Waals surface area (Å²) < 4.78 is 59.1. The number of methoxy groups -OCH3 is 1. The monoisotopic (exact) mass is 544 g/mol. The van der Waals surface area contributed by atoms with E-state index in [9.17, 15) is 37.1 Å². The summed E-state index contributed by atoms with van der Waals surface area (Å²) in [5, 5.41) is 16.3. The Morgan fingerprint density at radius 1 is 1.16 bits per heavy atom. The molecule has 1 aromatic heterocycles. The van der Waals surface area contributed by atoms with Gasteiger partial charge in [0.1, 0.15) is 12.4 Å². The van der Waals surface area contributed by atoms with Gasteiger partial charge in [-0.25, -0.2) is 13.9 Å². The summed E-state index contributed by atoms with van der Waals surface area (Å²) in [7, 11) is 1.11. The summed E-state index contributed by atoms with van der Waals surface area (Å²) in [6.45, 7) is -1.96. The van der Waals surface area contributed by atoms with Crippen LogP contribution >= 0.6 is 11.6 Å². The van der Waals surface area contributed by atoms with Gasteiger partial charge in [0.15, 0.2) is 11.9 Å². The van der Waals surface area contributed by atoms with Crippen molar-refractivity contribution in [2.45, 2.75) is 37.8 Å². The maximum absolute atomic E-state index is 14.3. The molecule has 9 nitrogen and oxygen atoms in total. The summed E-state index contributed by atoms with van der Waals surface area (Å²) in [6, 6.07) is 9.85. The predicted molar refractivity (Wildman–Crippen MR) is 123 cm³/mol. The van der Waals surface area contributed by atoms with Crippen LogP contribution in [0.15, 0.2) is 53.3 Å². The fraction of sp³-hybridized carbons (Fsp3) is 0.304. The number of esters is 1. The number of ether oxygens (including phenoxy) is 1. The van der Waals surface area contributed by atoms with Crippen LogP contribution < -0.4 is 11.0 Å². The number of aromatic nitrogens is 3. The zero-order valence-electron chi connectivity index (χ0n) is 19.2. The lowest BCUT2D eigenvalue weighted by Crippen LogP contribution is -2.39. The first kappa shape index (κ1) is 27.9. The molecule has 0 aliphatic rings. The van der Waals surface area contributed by atoms with Gasteiger partial charge in [-0.15, -0.1) is 5.10 Å². The fourth-order valence-electron chi connectivity index (χ4n) is 3.42. The molecule has 198 valence electrons. The van der Waals surface area contributed by atoms with Gasteiger partial charge in [-0.05, 0) is 30.3 Å². The van der Waals surface area contributed by atoms with Gasteiger partial charge in [-0.1, -0.05) is 29.8 Å². The first-order chi connectivity index (χ1) is 17.4. The Morgan fingerprint density at radius 3 is 2.41 bits per heavy atom. The van der Waals surface area contributed by atoms with Crippen molar-refractivity contribution < 1.29 is 37.0 Å². The average molecular weight is 545 g/mol. The zero-order valence-corrected chi connectivity index (χ0v) is 20.0. The van der Waals surface area contributed by atoms with Crippen molar-refractivity contribution in [1.82, 2.24) is 19.7 Å². The Hall–Kier alpha value is -3.71. The number of halogens is 5. The number of hydrogen-bond donors (Lipinski definition) is 2. The molecule has 2 aromatic carbocycles. The van der Waals surface area contributed by atoms with E-state index < -0.39 is 61.2 Å². The second kappa shape index (κ2) is 11.6. The largest absolute Gasteiger partial charge is 0.469 e. The number of carbonyl (C=O) groups excluding carboxylic acids is 2. The average Bonchev–Trinajstić information content (AvgIpc) is 3.13. The number of hydrogen-bond acceptors (Lipinski definition) is 6. The third-order valence-electron chi connectivity index (χ3n) is 5.27. The van der Waals surface area contributed by atoms with Gasteiger partial charge in [-0.2, -0.15) is 13.2 Å². The van der Waals surface area contributed by atoms with Gasteiger partial charge in [-0.3, -0.25) is 14.2 Å². The van der Waals surface area contributed by atoms with E-state index in [-0.39, 0.29) is 17.0 Å². The van der Waals surface area contributed by atoms with Crippen LogP contribution in [-0.4, -0.2) is 50.7 Å². The van der Waals surface area contributed by atoms with Crippen molar-refractivity contribution in [2.24, 2.45) is 0 Å². The number of amides is 1. The Kier molecular flexibility index (Phi) is 8.71. The lowest BCUT2D eigenvalue weighted by atomic mass is 10.0. The van der Waals surface area contributed by atoms with E-state index in [1.54, 1.807) is 0 Å². The van der Waals surface area contributed by atoms with E-state index in [1.165, 1.54) is 42.5 Å². The number of carbonyl (C=O) groups is 2. The highest BCUT2D eigenvalue weighted by molar-refractivity contribution is 6.30. The minimum atomic E-state index is -5.02. The van der Waals surface area contributed by atoms with Crippen molar-refractivity contribution in [3.8, 4) is 11.4 Å². The van der Waals surface area contributed by atoms with Gasteiger partial charge in [0.2, 0.25) is 5.91 Å².